The standard InChI is InChI=1S/C18H22N6OS/c1-12-16(26-11-20-12)10-23-7-5-13(9-23)15-4-6-19-17-14(8-21-24(15)17)18(25)22(2)3/h4,6,8,11,13H,5,7,9-10H2,1-3H3. The van der Waals surface area contributed by atoms with Gasteiger partial charge in [-0.1, -0.05) is 0 Å². The van der Waals surface area contributed by atoms with Crippen molar-refractivity contribution in [2.75, 3.05) is 27.2 Å². The zero-order chi connectivity index (χ0) is 18.3. The van der Waals surface area contributed by atoms with Crippen LogP contribution in [-0.4, -0.2) is 62.5 Å². The fourth-order valence-corrected chi connectivity index (χ4v) is 4.33. The third-order valence-electron chi connectivity index (χ3n) is 4.97. The van der Waals surface area contributed by atoms with E-state index in [4.69, 9.17) is 0 Å². The summed E-state index contributed by atoms with van der Waals surface area (Å²) in [7, 11) is 3.48. The molecule has 1 aliphatic heterocycles. The number of hydrogen-bond donors (Lipinski definition) is 0. The highest BCUT2D eigenvalue weighted by molar-refractivity contribution is 7.09. The Hall–Kier alpha value is -2.32. The monoisotopic (exact) mass is 370 g/mol. The number of hydrogen-bond acceptors (Lipinski definition) is 6. The van der Waals surface area contributed by atoms with Crippen LogP contribution < -0.4 is 0 Å². The lowest BCUT2D eigenvalue weighted by atomic mass is 10.0. The molecule has 8 heteroatoms. The van der Waals surface area contributed by atoms with Gasteiger partial charge in [0.15, 0.2) is 5.65 Å². The molecule has 26 heavy (non-hydrogen) atoms. The number of amides is 1. The van der Waals surface area contributed by atoms with Gasteiger partial charge in [-0.05, 0) is 26.0 Å². The Labute approximate surface area is 156 Å². The number of fused-ring (bicyclic) bond motifs is 1. The molecule has 4 heterocycles. The topological polar surface area (TPSA) is 66.6 Å². The highest BCUT2D eigenvalue weighted by Crippen LogP contribution is 2.29. The molecular formula is C18H22N6OS. The van der Waals surface area contributed by atoms with Crippen molar-refractivity contribution in [1.82, 2.24) is 29.4 Å². The summed E-state index contributed by atoms with van der Waals surface area (Å²) in [6, 6.07) is 2.02. The molecule has 1 amide bonds. The Morgan fingerprint density at radius 2 is 2.23 bits per heavy atom. The second-order valence-electron chi connectivity index (χ2n) is 6.94. The van der Waals surface area contributed by atoms with Gasteiger partial charge < -0.3 is 4.90 Å². The van der Waals surface area contributed by atoms with Gasteiger partial charge in [-0.15, -0.1) is 11.3 Å². The lowest BCUT2D eigenvalue weighted by Crippen LogP contribution is -2.22. The van der Waals surface area contributed by atoms with Crippen molar-refractivity contribution >= 4 is 22.9 Å². The van der Waals surface area contributed by atoms with E-state index in [2.05, 4.69) is 26.9 Å². The molecule has 136 valence electrons. The third-order valence-corrected chi connectivity index (χ3v) is 5.89. The van der Waals surface area contributed by atoms with E-state index in [9.17, 15) is 4.79 Å². The van der Waals surface area contributed by atoms with Crippen LogP contribution in [0.3, 0.4) is 0 Å². The summed E-state index contributed by atoms with van der Waals surface area (Å²) in [5, 5.41) is 4.46. The molecule has 0 aromatic carbocycles. The molecule has 1 fully saturated rings. The first-order chi connectivity index (χ1) is 12.5. The van der Waals surface area contributed by atoms with Crippen molar-refractivity contribution < 1.29 is 4.79 Å². The molecule has 1 aliphatic rings. The Morgan fingerprint density at radius 3 is 2.96 bits per heavy atom. The minimum absolute atomic E-state index is 0.0710. The third kappa shape index (κ3) is 2.99. The summed E-state index contributed by atoms with van der Waals surface area (Å²) in [4.78, 5) is 26.4. The molecule has 3 aromatic rings. The Kier molecular flexibility index (Phi) is 4.46. The van der Waals surface area contributed by atoms with Gasteiger partial charge in [-0.25, -0.2) is 14.5 Å². The summed E-state index contributed by atoms with van der Waals surface area (Å²) in [6.07, 6.45) is 4.49. The lowest BCUT2D eigenvalue weighted by Gasteiger charge is -2.16. The number of likely N-dealkylation sites (tertiary alicyclic amines) is 1. The first-order valence-corrected chi connectivity index (χ1v) is 9.58. The highest BCUT2D eigenvalue weighted by Gasteiger charge is 2.27. The van der Waals surface area contributed by atoms with Crippen molar-refractivity contribution in [2.45, 2.75) is 25.8 Å². The molecule has 1 unspecified atom stereocenters. The Morgan fingerprint density at radius 1 is 1.38 bits per heavy atom. The molecule has 0 aliphatic carbocycles. The van der Waals surface area contributed by atoms with Crippen molar-refractivity contribution in [2.24, 2.45) is 0 Å². The maximum atomic E-state index is 12.3. The number of aryl methyl sites for hydroxylation is 1. The number of thiazole rings is 1. The summed E-state index contributed by atoms with van der Waals surface area (Å²) < 4.78 is 1.84. The predicted octanol–water partition coefficient (Wildman–Crippen LogP) is 2.19. The summed E-state index contributed by atoms with van der Waals surface area (Å²) >= 11 is 1.72. The van der Waals surface area contributed by atoms with E-state index in [1.807, 2.05) is 16.1 Å². The van der Waals surface area contributed by atoms with Gasteiger partial charge in [-0.3, -0.25) is 9.69 Å². The molecule has 0 N–H and O–H groups in total. The molecule has 1 saturated heterocycles. The molecular weight excluding hydrogens is 348 g/mol. The van der Waals surface area contributed by atoms with Crippen molar-refractivity contribution in [1.29, 1.82) is 0 Å². The first kappa shape index (κ1) is 17.1. The molecule has 7 nitrogen and oxygen atoms in total. The summed E-state index contributed by atoms with van der Waals surface area (Å²) in [5.74, 6) is 0.314. The van der Waals surface area contributed by atoms with Crippen LogP contribution >= 0.6 is 11.3 Å². The first-order valence-electron chi connectivity index (χ1n) is 8.70. The Balaban J connectivity index is 1.58. The number of rotatable bonds is 4. The maximum Gasteiger partial charge on any atom is 0.258 e. The average Bonchev–Trinajstić information content (AvgIpc) is 3.35. The van der Waals surface area contributed by atoms with Gasteiger partial charge in [0.1, 0.15) is 5.56 Å². The molecule has 0 saturated carbocycles. The van der Waals surface area contributed by atoms with Gasteiger partial charge in [0.2, 0.25) is 0 Å². The van der Waals surface area contributed by atoms with Gasteiger partial charge in [0.05, 0.1) is 23.1 Å². The van der Waals surface area contributed by atoms with E-state index >= 15 is 0 Å². The second-order valence-corrected chi connectivity index (χ2v) is 7.88. The van der Waals surface area contributed by atoms with Crippen LogP contribution in [0.15, 0.2) is 24.0 Å². The van der Waals surface area contributed by atoms with Crippen LogP contribution in [0.5, 0.6) is 0 Å². The van der Waals surface area contributed by atoms with Crippen LogP contribution in [0.2, 0.25) is 0 Å². The highest BCUT2D eigenvalue weighted by atomic mass is 32.1. The normalized spacial score (nSPS) is 17.9. The maximum absolute atomic E-state index is 12.3. The molecule has 0 spiro atoms. The van der Waals surface area contributed by atoms with Crippen LogP contribution in [0.4, 0.5) is 0 Å². The van der Waals surface area contributed by atoms with Crippen molar-refractivity contribution in [3.63, 3.8) is 0 Å². The van der Waals surface area contributed by atoms with Gasteiger partial charge in [0, 0.05) is 44.2 Å². The summed E-state index contributed by atoms with van der Waals surface area (Å²) in [6.45, 7) is 5.05. The van der Waals surface area contributed by atoms with Gasteiger partial charge >= 0.3 is 0 Å². The fourth-order valence-electron chi connectivity index (χ4n) is 3.51. The van der Waals surface area contributed by atoms with E-state index in [-0.39, 0.29) is 5.91 Å². The molecule has 0 bridgehead atoms. The molecule has 4 rings (SSSR count). The second kappa shape index (κ2) is 6.77. The van der Waals surface area contributed by atoms with Crippen LogP contribution in [0.1, 0.15) is 39.0 Å². The van der Waals surface area contributed by atoms with E-state index in [0.717, 1.165) is 37.4 Å². The van der Waals surface area contributed by atoms with Crippen molar-refractivity contribution in [3.8, 4) is 0 Å². The quantitative estimate of drug-likeness (QED) is 0.704. The van der Waals surface area contributed by atoms with E-state index in [1.165, 1.54) is 4.88 Å². The minimum Gasteiger partial charge on any atom is -0.345 e. The fraction of sp³-hybridized carbons (Fsp3) is 0.444. The summed E-state index contributed by atoms with van der Waals surface area (Å²) in [5.41, 5.74) is 5.35. The zero-order valence-corrected chi connectivity index (χ0v) is 16.0. The smallest absolute Gasteiger partial charge is 0.258 e. The molecule has 0 radical (unpaired) electrons. The SMILES string of the molecule is Cc1ncsc1CN1CCC(c2ccnc3c(C(=O)N(C)C)cnn23)C1. The molecule has 1 atom stereocenters. The van der Waals surface area contributed by atoms with Gasteiger partial charge in [0.25, 0.3) is 5.91 Å². The average molecular weight is 370 g/mol. The van der Waals surface area contributed by atoms with Crippen molar-refractivity contribution in [3.05, 3.63) is 45.8 Å². The number of carbonyl (C=O) groups is 1. The Bertz CT molecular complexity index is 946. The van der Waals surface area contributed by atoms with Gasteiger partial charge in [-0.2, -0.15) is 5.10 Å². The number of aromatic nitrogens is 4. The number of nitrogens with zero attached hydrogens (tertiary/aromatic N) is 6. The number of carbonyl (C=O) groups excluding carboxylic acids is 1. The van der Waals surface area contributed by atoms with E-state index < -0.39 is 0 Å². The molecule has 3 aromatic heterocycles. The zero-order valence-electron chi connectivity index (χ0n) is 15.2. The van der Waals surface area contributed by atoms with Crippen LogP contribution in [-0.2, 0) is 6.54 Å². The predicted molar refractivity (Wildman–Crippen MR) is 100 cm³/mol. The largest absolute Gasteiger partial charge is 0.345 e. The van der Waals surface area contributed by atoms with Crippen LogP contribution in [0.25, 0.3) is 5.65 Å². The van der Waals surface area contributed by atoms with Crippen LogP contribution in [0, 0.1) is 6.92 Å². The van der Waals surface area contributed by atoms with E-state index in [0.29, 0.717) is 17.1 Å². The minimum atomic E-state index is -0.0710. The van der Waals surface area contributed by atoms with E-state index in [1.54, 1.807) is 42.7 Å². The lowest BCUT2D eigenvalue weighted by molar-refractivity contribution is 0.0829.